The van der Waals surface area contributed by atoms with Gasteiger partial charge in [-0.15, -0.1) is 0 Å². The lowest BCUT2D eigenvalue weighted by molar-refractivity contribution is 0.109. The van der Waals surface area contributed by atoms with Crippen molar-refractivity contribution in [3.63, 3.8) is 0 Å². The Labute approximate surface area is 63.2 Å². The van der Waals surface area contributed by atoms with Crippen LogP contribution in [0.1, 0.15) is 20.7 Å². The molecule has 0 aliphatic rings. The molecule has 11 heavy (non-hydrogen) atoms. The van der Waals surface area contributed by atoms with E-state index in [1.54, 1.807) is 24.3 Å². The second-order valence-corrected chi connectivity index (χ2v) is 1.86. The third kappa shape index (κ3) is 1.97. The van der Waals surface area contributed by atoms with Gasteiger partial charge in [-0.05, 0) is 0 Å². The summed E-state index contributed by atoms with van der Waals surface area (Å²) in [6.45, 7) is 0. The van der Waals surface area contributed by atoms with Crippen molar-refractivity contribution in [2.45, 2.75) is 0 Å². The average molecular weight is 154 g/mol. The maximum atomic E-state index is 10.2. The molecule has 0 bridgehead atoms. The zero-order chi connectivity index (χ0) is 7.40. The molecule has 0 saturated heterocycles. The van der Waals surface area contributed by atoms with E-state index in [2.05, 4.69) is 0 Å². The summed E-state index contributed by atoms with van der Waals surface area (Å²) in [6.07, 6.45) is 1.34. The van der Waals surface area contributed by atoms with Crippen molar-refractivity contribution in [1.29, 1.82) is 0 Å². The van der Waals surface area contributed by atoms with E-state index in [1.165, 1.54) is 0 Å². The summed E-state index contributed by atoms with van der Waals surface area (Å²) in [7, 11) is 0. The Hall–Kier alpha value is -1.51. The SMILES string of the molecule is F.O=Cc1ccccc1C=O. The molecule has 1 aromatic carbocycles. The fourth-order valence-corrected chi connectivity index (χ4v) is 0.726. The Morgan fingerprint density at radius 2 is 1.27 bits per heavy atom. The summed E-state index contributed by atoms with van der Waals surface area (Å²) < 4.78 is 0. The van der Waals surface area contributed by atoms with E-state index in [4.69, 9.17) is 0 Å². The van der Waals surface area contributed by atoms with Crippen LogP contribution in [0.2, 0.25) is 0 Å². The minimum absolute atomic E-state index is 0. The quantitative estimate of drug-likeness (QED) is 0.604. The minimum Gasteiger partial charge on any atom is -0.298 e. The molecule has 0 aliphatic carbocycles. The molecule has 0 aromatic heterocycles. The first-order valence-electron chi connectivity index (χ1n) is 2.88. The number of hydrogen-bond acceptors (Lipinski definition) is 2. The molecule has 0 atom stereocenters. The van der Waals surface area contributed by atoms with E-state index in [9.17, 15) is 9.59 Å². The first-order chi connectivity index (χ1) is 4.88. The van der Waals surface area contributed by atoms with Gasteiger partial charge < -0.3 is 0 Å². The van der Waals surface area contributed by atoms with Gasteiger partial charge in [-0.3, -0.25) is 14.3 Å². The summed E-state index contributed by atoms with van der Waals surface area (Å²) in [5.74, 6) is 0. The topological polar surface area (TPSA) is 34.1 Å². The smallest absolute Gasteiger partial charge is 0.150 e. The van der Waals surface area contributed by atoms with Crippen LogP contribution in [-0.4, -0.2) is 12.6 Å². The van der Waals surface area contributed by atoms with Crippen molar-refractivity contribution in [3.8, 4) is 0 Å². The van der Waals surface area contributed by atoms with Gasteiger partial charge in [0.1, 0.15) is 0 Å². The van der Waals surface area contributed by atoms with E-state index in [-0.39, 0.29) is 4.70 Å². The van der Waals surface area contributed by atoms with Crippen LogP contribution in [0.3, 0.4) is 0 Å². The third-order valence-electron chi connectivity index (χ3n) is 1.25. The molecule has 0 fully saturated rings. The molecule has 1 aromatic rings. The highest BCUT2D eigenvalue weighted by Gasteiger charge is 1.95. The zero-order valence-corrected chi connectivity index (χ0v) is 5.69. The highest BCUT2D eigenvalue weighted by atomic mass is 19.0. The van der Waals surface area contributed by atoms with Gasteiger partial charge in [0.2, 0.25) is 0 Å². The standard InChI is InChI=1S/C8H6O2.FH/c9-5-7-3-1-2-4-8(7)6-10;/h1-6H;1H. The highest BCUT2D eigenvalue weighted by molar-refractivity contribution is 5.89. The van der Waals surface area contributed by atoms with Crippen LogP contribution in [0.15, 0.2) is 24.3 Å². The maximum Gasteiger partial charge on any atom is 0.150 e. The summed E-state index contributed by atoms with van der Waals surface area (Å²) in [6, 6.07) is 6.65. The molecule has 0 heterocycles. The van der Waals surface area contributed by atoms with Crippen molar-refractivity contribution in [1.82, 2.24) is 0 Å². The predicted molar refractivity (Wildman–Crippen MR) is 39.7 cm³/mol. The number of benzene rings is 1. The van der Waals surface area contributed by atoms with Crippen LogP contribution in [0.4, 0.5) is 4.70 Å². The number of carbonyl (C=O) groups excluding carboxylic acids is 2. The molecule has 2 nitrogen and oxygen atoms in total. The molecule has 0 unspecified atom stereocenters. The zero-order valence-electron chi connectivity index (χ0n) is 5.69. The van der Waals surface area contributed by atoms with Crippen LogP contribution >= 0.6 is 0 Å². The Morgan fingerprint density at radius 3 is 1.55 bits per heavy atom. The number of hydrogen-bond donors (Lipinski definition) is 0. The van der Waals surface area contributed by atoms with Crippen molar-refractivity contribution in [2.75, 3.05) is 0 Å². The van der Waals surface area contributed by atoms with Gasteiger partial charge in [0, 0.05) is 11.1 Å². The number of halogens is 1. The second kappa shape index (κ2) is 4.33. The molecule has 0 N–H and O–H groups in total. The van der Waals surface area contributed by atoms with Gasteiger partial charge in [-0.2, -0.15) is 0 Å². The fraction of sp³-hybridized carbons (Fsp3) is 0. The molecular weight excluding hydrogens is 147 g/mol. The molecule has 1 rings (SSSR count). The summed E-state index contributed by atoms with van der Waals surface area (Å²) >= 11 is 0. The van der Waals surface area contributed by atoms with Crippen molar-refractivity contribution in [2.24, 2.45) is 0 Å². The van der Waals surface area contributed by atoms with E-state index in [0.717, 1.165) is 0 Å². The Morgan fingerprint density at radius 1 is 0.909 bits per heavy atom. The minimum atomic E-state index is 0. The van der Waals surface area contributed by atoms with Crippen molar-refractivity contribution >= 4 is 12.6 Å². The molecule has 0 amide bonds. The molecular formula is C8H7FO2. The van der Waals surface area contributed by atoms with Gasteiger partial charge >= 0.3 is 0 Å². The van der Waals surface area contributed by atoms with Crippen LogP contribution < -0.4 is 0 Å². The number of rotatable bonds is 2. The Kier molecular flexibility index (Phi) is 3.73. The lowest BCUT2D eigenvalue weighted by atomic mass is 10.1. The molecule has 58 valence electrons. The Bertz CT molecular complexity index is 231. The summed E-state index contributed by atoms with van der Waals surface area (Å²) in [5, 5.41) is 0. The Balaban J connectivity index is 0.000001000. The number of carbonyl (C=O) groups is 2. The summed E-state index contributed by atoms with van der Waals surface area (Å²) in [5.41, 5.74) is 0.884. The fourth-order valence-electron chi connectivity index (χ4n) is 0.726. The highest BCUT2D eigenvalue weighted by Crippen LogP contribution is 2.01. The normalized spacial score (nSPS) is 8.00. The lowest BCUT2D eigenvalue weighted by Crippen LogP contribution is -1.87. The summed E-state index contributed by atoms with van der Waals surface area (Å²) in [4.78, 5) is 20.5. The van der Waals surface area contributed by atoms with E-state index >= 15 is 0 Å². The van der Waals surface area contributed by atoms with Gasteiger partial charge in [0.25, 0.3) is 0 Å². The predicted octanol–water partition coefficient (Wildman–Crippen LogP) is 1.46. The maximum absolute atomic E-state index is 10.2. The first kappa shape index (κ1) is 9.49. The van der Waals surface area contributed by atoms with Gasteiger partial charge in [-0.25, -0.2) is 0 Å². The molecule has 0 radical (unpaired) electrons. The van der Waals surface area contributed by atoms with Crippen molar-refractivity contribution in [3.05, 3.63) is 35.4 Å². The molecule has 3 heteroatoms. The van der Waals surface area contributed by atoms with E-state index in [1.807, 2.05) is 0 Å². The van der Waals surface area contributed by atoms with Crippen LogP contribution in [0.5, 0.6) is 0 Å². The lowest BCUT2D eigenvalue weighted by Gasteiger charge is -1.91. The van der Waals surface area contributed by atoms with E-state index < -0.39 is 0 Å². The first-order valence-corrected chi connectivity index (χ1v) is 2.88. The third-order valence-corrected chi connectivity index (χ3v) is 1.25. The largest absolute Gasteiger partial charge is 0.298 e. The average Bonchev–Trinajstić information content (AvgIpc) is 2.04. The van der Waals surface area contributed by atoms with Gasteiger partial charge in [-0.1, -0.05) is 24.3 Å². The molecule has 0 spiro atoms. The van der Waals surface area contributed by atoms with Crippen LogP contribution in [0, 0.1) is 0 Å². The monoisotopic (exact) mass is 154 g/mol. The van der Waals surface area contributed by atoms with Crippen LogP contribution in [0.25, 0.3) is 0 Å². The van der Waals surface area contributed by atoms with E-state index in [0.29, 0.717) is 23.7 Å². The van der Waals surface area contributed by atoms with Crippen molar-refractivity contribution < 1.29 is 14.3 Å². The molecule has 0 saturated carbocycles. The van der Waals surface area contributed by atoms with Gasteiger partial charge in [0.15, 0.2) is 12.6 Å². The second-order valence-electron chi connectivity index (χ2n) is 1.86. The van der Waals surface area contributed by atoms with Gasteiger partial charge in [0.05, 0.1) is 0 Å². The number of aldehydes is 2. The molecule has 0 aliphatic heterocycles. The van der Waals surface area contributed by atoms with Crippen LogP contribution in [-0.2, 0) is 0 Å².